The smallest absolute Gasteiger partial charge is 0.383 e. The number of ether oxygens (including phenoxy) is 1. The molecule has 4 bridgehead atoms. The number of methoxy groups -OCH3 is 1. The number of hydrogen-bond acceptors (Lipinski definition) is 3. The van der Waals surface area contributed by atoms with Crippen molar-refractivity contribution < 1.29 is 22.7 Å². The molecule has 1 amide bonds. The third kappa shape index (κ3) is 3.12. The van der Waals surface area contributed by atoms with Crippen LogP contribution >= 0.6 is 0 Å². The average Bonchev–Trinajstić information content (AvgIpc) is 3.11. The number of carbonyl (C=O) groups excluding carboxylic acids is 1. The van der Waals surface area contributed by atoms with Crippen LogP contribution in [-0.2, 0) is 22.5 Å². The van der Waals surface area contributed by atoms with E-state index in [4.69, 9.17) is 4.74 Å². The van der Waals surface area contributed by atoms with Gasteiger partial charge in [0.2, 0.25) is 11.9 Å². The molecule has 2 atom stereocenters. The summed E-state index contributed by atoms with van der Waals surface area (Å²) in [7, 11) is 1.53. The Labute approximate surface area is 150 Å². The van der Waals surface area contributed by atoms with Crippen molar-refractivity contribution in [2.75, 3.05) is 19.0 Å². The number of rotatable bonds is 6. The number of imidazole rings is 1. The lowest BCUT2D eigenvalue weighted by Gasteiger charge is -2.31. The summed E-state index contributed by atoms with van der Waals surface area (Å²) in [6.07, 6.45) is 1.20. The summed E-state index contributed by atoms with van der Waals surface area (Å²) >= 11 is 0. The van der Waals surface area contributed by atoms with Gasteiger partial charge in [0, 0.05) is 19.9 Å². The molecule has 144 valence electrons. The predicted molar refractivity (Wildman–Crippen MR) is 88.5 cm³/mol. The van der Waals surface area contributed by atoms with Gasteiger partial charge < -0.3 is 9.30 Å². The Hall–Kier alpha value is -1.57. The van der Waals surface area contributed by atoms with E-state index < -0.39 is 12.6 Å². The van der Waals surface area contributed by atoms with Gasteiger partial charge in [-0.15, -0.1) is 0 Å². The Kier molecular flexibility index (Phi) is 4.28. The van der Waals surface area contributed by atoms with Crippen molar-refractivity contribution in [1.82, 2.24) is 9.55 Å². The first kappa shape index (κ1) is 17.8. The Balaban J connectivity index is 1.54. The van der Waals surface area contributed by atoms with Gasteiger partial charge in [-0.2, -0.15) is 13.2 Å². The highest BCUT2D eigenvalue weighted by molar-refractivity contribution is 5.95. The van der Waals surface area contributed by atoms with E-state index in [0.717, 1.165) is 25.7 Å². The van der Waals surface area contributed by atoms with Crippen molar-refractivity contribution in [3.63, 3.8) is 0 Å². The predicted octanol–water partition coefficient (Wildman–Crippen LogP) is 3.40. The van der Waals surface area contributed by atoms with Gasteiger partial charge in [-0.05, 0) is 49.9 Å². The molecule has 1 aromatic heterocycles. The zero-order valence-electron chi connectivity index (χ0n) is 14.8. The van der Waals surface area contributed by atoms with Gasteiger partial charge in [0.1, 0.15) is 0 Å². The molecule has 2 unspecified atom stereocenters. The summed E-state index contributed by atoms with van der Waals surface area (Å²) in [4.78, 5) is 17.1. The van der Waals surface area contributed by atoms with Gasteiger partial charge in [0.25, 0.3) is 0 Å². The molecule has 4 fully saturated rings. The second-order valence-corrected chi connectivity index (χ2v) is 8.19. The standard InChI is InChI=1S/C18H24F3N3O2/c1-26-3-2-24-10-14(9-18(19,20)21)22-16(24)23-15(25)17-7-11-4-12(8-17)6-13(17)5-11/h10-13H,2-9H2,1H3,(H,22,23,25). The lowest BCUT2D eigenvalue weighted by atomic mass is 9.75. The van der Waals surface area contributed by atoms with Crippen molar-refractivity contribution >= 4 is 11.9 Å². The molecule has 0 aliphatic heterocycles. The van der Waals surface area contributed by atoms with Crippen LogP contribution in [0.3, 0.4) is 0 Å². The second-order valence-electron chi connectivity index (χ2n) is 8.19. The normalized spacial score (nSPS) is 32.4. The van der Waals surface area contributed by atoms with Crippen LogP contribution in [0.25, 0.3) is 0 Å². The second kappa shape index (κ2) is 6.25. The maximum atomic E-state index is 13.1. The summed E-state index contributed by atoms with van der Waals surface area (Å²) in [5, 5.41) is 2.86. The minimum Gasteiger partial charge on any atom is -0.383 e. The molecule has 1 heterocycles. The first-order valence-corrected chi connectivity index (χ1v) is 9.22. The molecule has 4 saturated carbocycles. The van der Waals surface area contributed by atoms with E-state index in [1.807, 2.05) is 0 Å². The zero-order valence-corrected chi connectivity index (χ0v) is 14.8. The van der Waals surface area contributed by atoms with Gasteiger partial charge in [0.05, 0.1) is 24.1 Å². The van der Waals surface area contributed by atoms with E-state index >= 15 is 0 Å². The summed E-state index contributed by atoms with van der Waals surface area (Å²) in [6, 6.07) is 0. The highest BCUT2D eigenvalue weighted by Crippen LogP contribution is 2.65. The molecular formula is C18H24F3N3O2. The number of alkyl halides is 3. The minimum absolute atomic E-state index is 0.0602. The van der Waals surface area contributed by atoms with Crippen molar-refractivity contribution in [2.45, 2.75) is 51.2 Å². The SMILES string of the molecule is COCCn1cc(CC(F)(F)F)nc1NC(=O)C12CC3CC(CC1C3)C2. The fraction of sp³-hybridized carbons (Fsp3) is 0.778. The van der Waals surface area contributed by atoms with Crippen molar-refractivity contribution in [2.24, 2.45) is 23.2 Å². The van der Waals surface area contributed by atoms with Crippen LogP contribution in [0.2, 0.25) is 0 Å². The van der Waals surface area contributed by atoms with Crippen LogP contribution in [0.4, 0.5) is 19.1 Å². The molecule has 4 aliphatic rings. The summed E-state index contributed by atoms with van der Waals surface area (Å²) in [5.74, 6) is 1.82. The molecule has 0 spiro atoms. The van der Waals surface area contributed by atoms with Crippen molar-refractivity contribution in [3.05, 3.63) is 11.9 Å². The molecule has 5 rings (SSSR count). The number of carbonyl (C=O) groups is 1. The van der Waals surface area contributed by atoms with Gasteiger partial charge in [0.15, 0.2) is 0 Å². The average molecular weight is 371 g/mol. The molecule has 4 aliphatic carbocycles. The number of amides is 1. The summed E-state index contributed by atoms with van der Waals surface area (Å²) < 4.78 is 44.7. The quantitative estimate of drug-likeness (QED) is 0.834. The Morgan fingerprint density at radius 1 is 1.35 bits per heavy atom. The number of hydrogen-bond donors (Lipinski definition) is 1. The molecule has 8 heteroatoms. The van der Waals surface area contributed by atoms with Crippen LogP contribution in [0, 0.1) is 23.2 Å². The number of halogens is 3. The molecule has 1 N–H and O–H groups in total. The number of nitrogens with zero attached hydrogens (tertiary/aromatic N) is 2. The highest BCUT2D eigenvalue weighted by Gasteiger charge is 2.61. The van der Waals surface area contributed by atoms with Crippen LogP contribution in [-0.4, -0.2) is 35.4 Å². The highest BCUT2D eigenvalue weighted by atomic mass is 19.4. The third-order valence-electron chi connectivity index (χ3n) is 6.41. The Morgan fingerprint density at radius 3 is 2.65 bits per heavy atom. The van der Waals surface area contributed by atoms with Crippen molar-refractivity contribution in [3.8, 4) is 0 Å². The van der Waals surface area contributed by atoms with Gasteiger partial charge in [-0.3, -0.25) is 10.1 Å². The van der Waals surface area contributed by atoms with Gasteiger partial charge in [-0.1, -0.05) is 0 Å². The lowest BCUT2D eigenvalue weighted by molar-refractivity contribution is -0.128. The van der Waals surface area contributed by atoms with Crippen LogP contribution < -0.4 is 5.32 Å². The maximum absolute atomic E-state index is 13.1. The largest absolute Gasteiger partial charge is 0.394 e. The first-order valence-electron chi connectivity index (χ1n) is 9.22. The Bertz CT molecular complexity index is 686. The first-order chi connectivity index (χ1) is 12.3. The molecule has 0 aromatic carbocycles. The molecular weight excluding hydrogens is 347 g/mol. The van der Waals surface area contributed by atoms with E-state index in [0.29, 0.717) is 30.9 Å². The van der Waals surface area contributed by atoms with E-state index in [-0.39, 0.29) is 23.0 Å². The van der Waals surface area contributed by atoms with Gasteiger partial charge >= 0.3 is 6.18 Å². The van der Waals surface area contributed by atoms with E-state index in [9.17, 15) is 18.0 Å². The topological polar surface area (TPSA) is 56.1 Å². The number of anilines is 1. The molecule has 1 aromatic rings. The fourth-order valence-corrected chi connectivity index (χ4v) is 5.61. The lowest BCUT2D eigenvalue weighted by Crippen LogP contribution is -2.38. The third-order valence-corrected chi connectivity index (χ3v) is 6.41. The Morgan fingerprint density at radius 2 is 2.04 bits per heavy atom. The van der Waals surface area contributed by atoms with E-state index in [2.05, 4.69) is 10.3 Å². The molecule has 26 heavy (non-hydrogen) atoms. The maximum Gasteiger partial charge on any atom is 0.394 e. The fourth-order valence-electron chi connectivity index (χ4n) is 5.61. The van der Waals surface area contributed by atoms with Crippen LogP contribution in [0.1, 0.15) is 37.8 Å². The molecule has 0 radical (unpaired) electrons. The molecule has 0 saturated heterocycles. The van der Waals surface area contributed by atoms with E-state index in [1.54, 1.807) is 4.57 Å². The monoisotopic (exact) mass is 371 g/mol. The summed E-state index contributed by atoms with van der Waals surface area (Å²) in [5.41, 5.74) is -0.422. The zero-order chi connectivity index (χ0) is 18.5. The summed E-state index contributed by atoms with van der Waals surface area (Å²) in [6.45, 7) is 0.682. The molecule has 5 nitrogen and oxygen atoms in total. The minimum atomic E-state index is -4.33. The van der Waals surface area contributed by atoms with Crippen LogP contribution in [0.15, 0.2) is 6.20 Å². The van der Waals surface area contributed by atoms with Crippen molar-refractivity contribution in [1.29, 1.82) is 0 Å². The van der Waals surface area contributed by atoms with Gasteiger partial charge in [-0.25, -0.2) is 4.98 Å². The van der Waals surface area contributed by atoms with E-state index in [1.165, 1.54) is 19.7 Å². The number of aromatic nitrogens is 2. The van der Waals surface area contributed by atoms with Crippen LogP contribution in [0.5, 0.6) is 0 Å². The number of nitrogens with one attached hydrogen (secondary N) is 1.